The summed E-state index contributed by atoms with van der Waals surface area (Å²) in [5, 5.41) is 8.67. The summed E-state index contributed by atoms with van der Waals surface area (Å²) in [5.41, 5.74) is 5.80. The van der Waals surface area contributed by atoms with E-state index >= 15 is 0 Å². The monoisotopic (exact) mass is 289 g/mol. The molecule has 0 bridgehead atoms. The Kier molecular flexibility index (Phi) is 4.32. The smallest absolute Gasteiger partial charge is 0.328 e. The van der Waals surface area contributed by atoms with E-state index in [2.05, 4.69) is 4.98 Å². The van der Waals surface area contributed by atoms with Gasteiger partial charge in [0.25, 0.3) is 5.91 Å². The van der Waals surface area contributed by atoms with Gasteiger partial charge in [-0.3, -0.25) is 14.6 Å². The second-order valence-electron chi connectivity index (χ2n) is 4.67. The number of aliphatic carboxylic acids is 1. The largest absolute Gasteiger partial charge is 0.478 e. The Morgan fingerprint density at radius 2 is 2.19 bits per heavy atom. The van der Waals surface area contributed by atoms with Crippen molar-refractivity contribution in [3.8, 4) is 0 Å². The van der Waals surface area contributed by atoms with Crippen molar-refractivity contribution >= 4 is 23.9 Å². The number of nitrogens with zero attached hydrogens (tertiary/aromatic N) is 2. The molecule has 1 aromatic rings. The van der Waals surface area contributed by atoms with Crippen molar-refractivity contribution in [2.45, 2.75) is 18.9 Å². The van der Waals surface area contributed by atoms with E-state index in [1.54, 1.807) is 12.1 Å². The van der Waals surface area contributed by atoms with E-state index in [0.29, 0.717) is 24.9 Å². The van der Waals surface area contributed by atoms with Crippen LogP contribution in [0.3, 0.4) is 0 Å². The summed E-state index contributed by atoms with van der Waals surface area (Å²) in [5.74, 6) is -2.07. The average Bonchev–Trinajstić information content (AvgIpc) is 2.94. The van der Waals surface area contributed by atoms with Gasteiger partial charge < -0.3 is 15.7 Å². The molecule has 1 atom stereocenters. The fourth-order valence-electron chi connectivity index (χ4n) is 2.33. The number of nitrogens with two attached hydrogens (primary N) is 1. The molecule has 3 N–H and O–H groups in total. The third kappa shape index (κ3) is 3.25. The molecular formula is C14H15N3O4. The highest BCUT2D eigenvalue weighted by Crippen LogP contribution is 2.21. The summed E-state index contributed by atoms with van der Waals surface area (Å²) < 4.78 is 0. The molecular weight excluding hydrogens is 274 g/mol. The van der Waals surface area contributed by atoms with Gasteiger partial charge in [0.1, 0.15) is 11.7 Å². The van der Waals surface area contributed by atoms with Crippen LogP contribution in [-0.4, -0.2) is 45.4 Å². The van der Waals surface area contributed by atoms with Crippen LogP contribution in [0.2, 0.25) is 0 Å². The Labute approximate surface area is 121 Å². The number of carboxylic acids is 1. The zero-order valence-electron chi connectivity index (χ0n) is 11.2. The molecule has 2 amide bonds. The Bertz CT molecular complexity index is 612. The van der Waals surface area contributed by atoms with E-state index in [-0.39, 0.29) is 5.69 Å². The maximum absolute atomic E-state index is 12.5. The number of carbonyl (C=O) groups is 3. The quantitative estimate of drug-likeness (QED) is 0.772. The summed E-state index contributed by atoms with van der Waals surface area (Å²) in [6.45, 7) is 0.436. The third-order valence-corrected chi connectivity index (χ3v) is 3.29. The predicted octanol–water partition coefficient (Wildman–Crippen LogP) is 0.269. The van der Waals surface area contributed by atoms with Crippen LogP contribution in [0.4, 0.5) is 0 Å². The minimum atomic E-state index is -1.12. The average molecular weight is 289 g/mol. The van der Waals surface area contributed by atoms with Gasteiger partial charge in [0.2, 0.25) is 5.91 Å². The number of primary amides is 1. The van der Waals surface area contributed by atoms with Crippen LogP contribution in [0.1, 0.15) is 28.9 Å². The number of carbonyl (C=O) groups excluding carboxylic acids is 2. The lowest BCUT2D eigenvalue weighted by Gasteiger charge is -2.22. The highest BCUT2D eigenvalue weighted by Gasteiger charge is 2.34. The van der Waals surface area contributed by atoms with E-state index in [0.717, 1.165) is 6.08 Å². The first-order chi connectivity index (χ1) is 10.0. The van der Waals surface area contributed by atoms with Crippen molar-refractivity contribution in [1.29, 1.82) is 0 Å². The molecule has 0 spiro atoms. The van der Waals surface area contributed by atoms with E-state index in [1.807, 2.05) is 0 Å². The van der Waals surface area contributed by atoms with Gasteiger partial charge >= 0.3 is 5.97 Å². The van der Waals surface area contributed by atoms with Crippen molar-refractivity contribution in [2.75, 3.05) is 6.54 Å². The summed E-state index contributed by atoms with van der Waals surface area (Å²) >= 11 is 0. The second kappa shape index (κ2) is 6.17. The van der Waals surface area contributed by atoms with Gasteiger partial charge in [-0.2, -0.15) is 0 Å². The molecule has 0 aromatic carbocycles. The van der Waals surface area contributed by atoms with Crippen LogP contribution in [0.15, 0.2) is 24.4 Å². The molecule has 0 saturated carbocycles. The molecule has 7 nitrogen and oxygen atoms in total. The molecule has 1 saturated heterocycles. The molecule has 110 valence electrons. The van der Waals surface area contributed by atoms with Crippen LogP contribution >= 0.6 is 0 Å². The molecule has 1 unspecified atom stereocenters. The molecule has 0 aliphatic carbocycles. The number of rotatable bonds is 4. The Balaban J connectivity index is 2.31. The first kappa shape index (κ1) is 14.7. The van der Waals surface area contributed by atoms with E-state index in [9.17, 15) is 14.4 Å². The molecule has 1 aliphatic heterocycles. The van der Waals surface area contributed by atoms with E-state index in [4.69, 9.17) is 10.8 Å². The summed E-state index contributed by atoms with van der Waals surface area (Å²) in [6.07, 6.45) is 4.92. The molecule has 2 rings (SSSR count). The van der Waals surface area contributed by atoms with Gasteiger partial charge in [0, 0.05) is 24.4 Å². The molecule has 1 aliphatic rings. The van der Waals surface area contributed by atoms with Crippen molar-refractivity contribution in [3.05, 3.63) is 35.7 Å². The summed E-state index contributed by atoms with van der Waals surface area (Å²) in [7, 11) is 0. The first-order valence-corrected chi connectivity index (χ1v) is 6.47. The number of pyridine rings is 1. The summed E-state index contributed by atoms with van der Waals surface area (Å²) in [6, 6.07) is 2.57. The molecule has 21 heavy (non-hydrogen) atoms. The number of carboxylic acid groups (broad SMARTS) is 1. The van der Waals surface area contributed by atoms with Crippen molar-refractivity contribution in [3.63, 3.8) is 0 Å². The standard InChI is InChI=1S/C14H15N3O4/c15-13(20)10-4-2-8-17(10)14(21)12-9(3-1-7-16-12)5-6-11(18)19/h1,3,5-7,10H,2,4,8H2,(H2,15,20)(H,18,19)/b6-5+. The van der Waals surface area contributed by atoms with Crippen LogP contribution in [0, 0.1) is 0 Å². The third-order valence-electron chi connectivity index (χ3n) is 3.29. The van der Waals surface area contributed by atoms with Crippen LogP contribution in [0.25, 0.3) is 6.08 Å². The van der Waals surface area contributed by atoms with Crippen molar-refractivity contribution < 1.29 is 19.5 Å². The minimum absolute atomic E-state index is 0.114. The van der Waals surface area contributed by atoms with Crippen molar-refractivity contribution in [1.82, 2.24) is 9.88 Å². The maximum atomic E-state index is 12.5. The van der Waals surface area contributed by atoms with Crippen LogP contribution < -0.4 is 5.73 Å². The Hall–Kier alpha value is -2.70. The van der Waals surface area contributed by atoms with Gasteiger partial charge in [-0.1, -0.05) is 6.07 Å². The lowest BCUT2D eigenvalue weighted by Crippen LogP contribution is -2.44. The van der Waals surface area contributed by atoms with E-state index < -0.39 is 23.8 Å². The van der Waals surface area contributed by atoms with Gasteiger partial charge in [0.15, 0.2) is 0 Å². The zero-order chi connectivity index (χ0) is 15.4. The lowest BCUT2D eigenvalue weighted by molar-refractivity contribution is -0.131. The normalized spacial score (nSPS) is 18.1. The molecule has 2 heterocycles. The number of likely N-dealkylation sites (tertiary alicyclic amines) is 1. The highest BCUT2D eigenvalue weighted by atomic mass is 16.4. The predicted molar refractivity (Wildman–Crippen MR) is 74.2 cm³/mol. The summed E-state index contributed by atoms with van der Waals surface area (Å²) in [4.78, 5) is 39.9. The van der Waals surface area contributed by atoms with Crippen LogP contribution in [-0.2, 0) is 9.59 Å². The highest BCUT2D eigenvalue weighted by molar-refractivity contribution is 5.99. The van der Waals surface area contributed by atoms with Crippen LogP contribution in [0.5, 0.6) is 0 Å². The number of amides is 2. The SMILES string of the molecule is NC(=O)C1CCCN1C(=O)c1ncccc1/C=C/C(=O)O. The maximum Gasteiger partial charge on any atom is 0.328 e. The van der Waals surface area contributed by atoms with Gasteiger partial charge in [-0.05, 0) is 25.0 Å². The second-order valence-corrected chi connectivity index (χ2v) is 4.67. The zero-order valence-corrected chi connectivity index (χ0v) is 11.2. The lowest BCUT2D eigenvalue weighted by atomic mass is 10.1. The number of hydrogen-bond donors (Lipinski definition) is 2. The molecule has 7 heteroatoms. The number of aromatic nitrogens is 1. The Morgan fingerprint density at radius 1 is 1.43 bits per heavy atom. The Morgan fingerprint density at radius 3 is 2.86 bits per heavy atom. The fraction of sp³-hybridized carbons (Fsp3) is 0.286. The fourth-order valence-corrected chi connectivity index (χ4v) is 2.33. The molecule has 1 fully saturated rings. The van der Waals surface area contributed by atoms with Gasteiger partial charge in [-0.25, -0.2) is 4.79 Å². The first-order valence-electron chi connectivity index (χ1n) is 6.47. The minimum Gasteiger partial charge on any atom is -0.478 e. The molecule has 1 aromatic heterocycles. The number of hydrogen-bond acceptors (Lipinski definition) is 4. The van der Waals surface area contributed by atoms with Gasteiger partial charge in [0.05, 0.1) is 0 Å². The molecule has 0 radical (unpaired) electrons. The van der Waals surface area contributed by atoms with Gasteiger partial charge in [-0.15, -0.1) is 0 Å². The topological polar surface area (TPSA) is 114 Å². The van der Waals surface area contributed by atoms with Crippen molar-refractivity contribution in [2.24, 2.45) is 5.73 Å². The van der Waals surface area contributed by atoms with E-state index in [1.165, 1.54) is 17.2 Å².